The average molecular weight is 223 g/mol. The van der Waals surface area contributed by atoms with Gasteiger partial charge in [0.25, 0.3) is 5.95 Å². The molecule has 0 aliphatic heterocycles. The number of nitrogen functional groups attached to an aromatic ring is 1. The Hall–Kier alpha value is -2.78. The molecule has 0 bridgehead atoms. The number of nitro groups is 1. The van der Waals surface area contributed by atoms with Gasteiger partial charge in [0.1, 0.15) is 4.92 Å². The molecule has 2 rings (SSSR count). The Labute approximate surface area is 87.5 Å². The second kappa shape index (κ2) is 3.76. The minimum atomic E-state index is -0.648. The van der Waals surface area contributed by atoms with Crippen molar-refractivity contribution in [3.63, 3.8) is 0 Å². The van der Waals surface area contributed by atoms with E-state index in [0.29, 0.717) is 0 Å². The van der Waals surface area contributed by atoms with Gasteiger partial charge in [-0.25, -0.2) is 4.99 Å². The fraction of sp³-hybridized carbons (Fsp3) is 0. The van der Waals surface area contributed by atoms with Crippen molar-refractivity contribution < 1.29 is 9.34 Å². The monoisotopic (exact) mass is 223 g/mol. The first-order valence-corrected chi connectivity index (χ1v) is 3.98. The molecule has 0 saturated carbocycles. The normalized spacial score (nSPS) is 11.0. The van der Waals surface area contributed by atoms with E-state index in [0.717, 1.165) is 4.79 Å². The van der Waals surface area contributed by atoms with Gasteiger partial charge >= 0.3 is 5.88 Å². The lowest BCUT2D eigenvalue weighted by Gasteiger charge is -1.87. The van der Waals surface area contributed by atoms with E-state index in [4.69, 9.17) is 10.3 Å². The van der Waals surface area contributed by atoms with Crippen LogP contribution in [0.15, 0.2) is 21.5 Å². The number of hydrogen-bond acceptors (Lipinski definition) is 8. The van der Waals surface area contributed by atoms with Gasteiger partial charge in [-0.3, -0.25) is 10.1 Å². The zero-order valence-corrected chi connectivity index (χ0v) is 7.72. The average Bonchev–Trinajstić information content (AvgIpc) is 2.83. The van der Waals surface area contributed by atoms with Crippen LogP contribution in [0.25, 0.3) is 0 Å². The van der Waals surface area contributed by atoms with Gasteiger partial charge in [-0.1, -0.05) is 5.10 Å². The number of hydrogen-bond donors (Lipinski definition) is 1. The summed E-state index contributed by atoms with van der Waals surface area (Å²) in [6.45, 7) is 0. The van der Waals surface area contributed by atoms with Crippen LogP contribution in [-0.4, -0.2) is 31.5 Å². The molecular formula is C6H5N7O3. The molecule has 0 unspecified atom stereocenters. The zero-order chi connectivity index (χ0) is 11.5. The first-order chi connectivity index (χ1) is 7.66. The third kappa shape index (κ3) is 1.84. The van der Waals surface area contributed by atoms with Crippen molar-refractivity contribution in [3.05, 3.63) is 28.0 Å². The molecule has 10 heteroatoms. The smallest absolute Gasteiger partial charge is 0.400 e. The standard InChI is InChI=1S/C6H5N7O3/c7-12-6(9-10-11-12)8-3-4-1-2-5(16-4)13(14)15/h1-3H,7H2/b8-3+. The number of aromatic nitrogens is 4. The van der Waals surface area contributed by atoms with E-state index >= 15 is 0 Å². The lowest BCUT2D eigenvalue weighted by atomic mass is 10.5. The van der Waals surface area contributed by atoms with Crippen LogP contribution in [0.2, 0.25) is 0 Å². The maximum atomic E-state index is 10.3. The zero-order valence-electron chi connectivity index (χ0n) is 7.72. The highest BCUT2D eigenvalue weighted by atomic mass is 16.6. The van der Waals surface area contributed by atoms with Crippen LogP contribution < -0.4 is 5.84 Å². The molecule has 2 heterocycles. The van der Waals surface area contributed by atoms with Gasteiger partial charge in [-0.15, -0.1) is 4.79 Å². The van der Waals surface area contributed by atoms with Crippen molar-refractivity contribution >= 4 is 18.0 Å². The second-order valence-electron chi connectivity index (χ2n) is 2.61. The van der Waals surface area contributed by atoms with Crippen LogP contribution in [0.5, 0.6) is 0 Å². The maximum Gasteiger partial charge on any atom is 0.433 e. The molecule has 0 aliphatic rings. The molecule has 82 valence electrons. The van der Waals surface area contributed by atoms with Gasteiger partial charge in [-0.05, 0) is 16.5 Å². The minimum Gasteiger partial charge on any atom is -0.400 e. The van der Waals surface area contributed by atoms with E-state index in [9.17, 15) is 10.1 Å². The van der Waals surface area contributed by atoms with E-state index in [1.54, 1.807) is 0 Å². The van der Waals surface area contributed by atoms with Gasteiger partial charge in [-0.2, -0.15) is 0 Å². The molecule has 2 N–H and O–H groups in total. The minimum absolute atomic E-state index is 0.0547. The van der Waals surface area contributed by atoms with Crippen molar-refractivity contribution in [1.82, 2.24) is 20.3 Å². The molecule has 2 aromatic heterocycles. The van der Waals surface area contributed by atoms with Crippen molar-refractivity contribution in [1.29, 1.82) is 0 Å². The molecule has 0 atom stereocenters. The lowest BCUT2D eigenvalue weighted by Crippen LogP contribution is -2.09. The Kier molecular flexibility index (Phi) is 2.30. The fourth-order valence-corrected chi connectivity index (χ4v) is 0.905. The van der Waals surface area contributed by atoms with Gasteiger partial charge in [0.2, 0.25) is 0 Å². The van der Waals surface area contributed by atoms with Crippen LogP contribution in [0.4, 0.5) is 11.8 Å². The molecule has 0 aromatic carbocycles. The molecule has 0 amide bonds. The summed E-state index contributed by atoms with van der Waals surface area (Å²) >= 11 is 0. The summed E-state index contributed by atoms with van der Waals surface area (Å²) in [4.78, 5) is 14.3. The lowest BCUT2D eigenvalue weighted by molar-refractivity contribution is -0.402. The third-order valence-electron chi connectivity index (χ3n) is 1.58. The van der Waals surface area contributed by atoms with E-state index in [1.165, 1.54) is 18.3 Å². The molecule has 0 spiro atoms. The van der Waals surface area contributed by atoms with Crippen molar-refractivity contribution in [3.8, 4) is 0 Å². The summed E-state index contributed by atoms with van der Waals surface area (Å²) in [5, 5.41) is 20.4. The first kappa shape index (κ1) is 9.76. The highest BCUT2D eigenvalue weighted by Crippen LogP contribution is 2.14. The Morgan fingerprint density at radius 2 is 2.44 bits per heavy atom. The largest absolute Gasteiger partial charge is 0.433 e. The number of nitrogens with zero attached hydrogens (tertiary/aromatic N) is 6. The third-order valence-corrected chi connectivity index (χ3v) is 1.58. The number of nitrogens with two attached hydrogens (primary N) is 1. The molecule has 0 radical (unpaired) electrons. The summed E-state index contributed by atoms with van der Waals surface area (Å²) in [6.07, 6.45) is 1.22. The molecular weight excluding hydrogens is 218 g/mol. The summed E-state index contributed by atoms with van der Waals surface area (Å²) in [6, 6.07) is 2.61. The summed E-state index contributed by atoms with van der Waals surface area (Å²) in [7, 11) is 0. The number of rotatable bonds is 3. The van der Waals surface area contributed by atoms with E-state index < -0.39 is 4.92 Å². The molecule has 0 saturated heterocycles. The Morgan fingerprint density at radius 1 is 1.62 bits per heavy atom. The number of furan rings is 1. The van der Waals surface area contributed by atoms with E-state index in [2.05, 4.69) is 20.5 Å². The van der Waals surface area contributed by atoms with Gasteiger partial charge in [0, 0.05) is 0 Å². The maximum absolute atomic E-state index is 10.3. The van der Waals surface area contributed by atoms with Crippen molar-refractivity contribution in [2.75, 3.05) is 5.84 Å². The van der Waals surface area contributed by atoms with Crippen LogP contribution in [0, 0.1) is 10.1 Å². The predicted octanol–water partition coefficient (Wildman–Crippen LogP) is -0.361. The molecule has 0 aliphatic carbocycles. The van der Waals surface area contributed by atoms with E-state index in [1.807, 2.05) is 0 Å². The number of aliphatic imine (C=N–C) groups is 1. The molecule has 10 nitrogen and oxygen atoms in total. The molecule has 2 aromatic rings. The van der Waals surface area contributed by atoms with Crippen molar-refractivity contribution in [2.24, 2.45) is 4.99 Å². The van der Waals surface area contributed by atoms with Gasteiger partial charge < -0.3 is 10.3 Å². The highest BCUT2D eigenvalue weighted by molar-refractivity contribution is 5.78. The number of tetrazole rings is 1. The van der Waals surface area contributed by atoms with Crippen LogP contribution >= 0.6 is 0 Å². The fourth-order valence-electron chi connectivity index (χ4n) is 0.905. The van der Waals surface area contributed by atoms with Crippen molar-refractivity contribution in [2.45, 2.75) is 0 Å². The predicted molar refractivity (Wildman–Crippen MR) is 50.6 cm³/mol. The molecule has 16 heavy (non-hydrogen) atoms. The summed E-state index contributed by atoms with van der Waals surface area (Å²) in [5.74, 6) is 5.18. The topological polar surface area (TPSA) is 138 Å². The van der Waals surface area contributed by atoms with Gasteiger partial charge in [0.15, 0.2) is 5.76 Å². The second-order valence-corrected chi connectivity index (χ2v) is 2.61. The van der Waals surface area contributed by atoms with Crippen LogP contribution in [0.1, 0.15) is 5.76 Å². The Balaban J connectivity index is 2.18. The summed E-state index contributed by atoms with van der Waals surface area (Å²) < 4.78 is 4.82. The Bertz CT molecular complexity index is 542. The highest BCUT2D eigenvalue weighted by Gasteiger charge is 2.10. The van der Waals surface area contributed by atoms with E-state index in [-0.39, 0.29) is 17.6 Å². The van der Waals surface area contributed by atoms with Crippen LogP contribution in [-0.2, 0) is 0 Å². The molecule has 0 fully saturated rings. The first-order valence-electron chi connectivity index (χ1n) is 3.98. The summed E-state index contributed by atoms with van der Waals surface area (Å²) in [5.41, 5.74) is 0. The van der Waals surface area contributed by atoms with Gasteiger partial charge in [0.05, 0.1) is 12.3 Å². The quantitative estimate of drug-likeness (QED) is 0.324. The SMILES string of the molecule is Nn1nnnc1/N=C/c1ccc([N+](=O)[O-])o1. The Morgan fingerprint density at radius 3 is 3.00 bits per heavy atom. The van der Waals surface area contributed by atoms with Crippen LogP contribution in [0.3, 0.4) is 0 Å².